The van der Waals surface area contributed by atoms with Crippen LogP contribution in [0.3, 0.4) is 0 Å². The van der Waals surface area contributed by atoms with Crippen molar-refractivity contribution in [1.29, 1.82) is 5.26 Å². The summed E-state index contributed by atoms with van der Waals surface area (Å²) >= 11 is 0. The number of hydrogen-bond acceptors (Lipinski definition) is 5. The van der Waals surface area contributed by atoms with E-state index in [9.17, 15) is 14.4 Å². The molecule has 8 heteroatoms. The average Bonchev–Trinajstić information content (AvgIpc) is 2.93. The predicted octanol–water partition coefficient (Wildman–Crippen LogP) is -0.199. The van der Waals surface area contributed by atoms with Crippen molar-refractivity contribution in [1.82, 2.24) is 20.4 Å². The van der Waals surface area contributed by atoms with Crippen molar-refractivity contribution in [3.05, 3.63) is 35.4 Å². The van der Waals surface area contributed by atoms with Gasteiger partial charge in [-0.3, -0.25) is 19.8 Å². The minimum absolute atomic E-state index is 0.00675. The van der Waals surface area contributed by atoms with Crippen molar-refractivity contribution in [2.45, 2.75) is 19.0 Å². The van der Waals surface area contributed by atoms with Crippen molar-refractivity contribution in [2.24, 2.45) is 0 Å². The van der Waals surface area contributed by atoms with Crippen LogP contribution in [0, 0.1) is 11.3 Å². The molecule has 0 saturated carbocycles. The minimum atomic E-state index is -0.767. The predicted molar refractivity (Wildman–Crippen MR) is 88.1 cm³/mol. The third-order valence-electron chi connectivity index (χ3n) is 4.45. The number of nitriles is 1. The first-order chi connectivity index (χ1) is 12.0. The highest BCUT2D eigenvalue weighted by Gasteiger charge is 2.33. The number of hydrogen-bond donors (Lipinski definition) is 2. The lowest BCUT2D eigenvalue weighted by molar-refractivity contribution is -0.135. The summed E-state index contributed by atoms with van der Waals surface area (Å²) in [5.74, 6) is -0.571. The first-order valence-corrected chi connectivity index (χ1v) is 8.15. The van der Waals surface area contributed by atoms with Crippen LogP contribution in [-0.4, -0.2) is 59.9 Å². The maximum Gasteiger partial charge on any atom is 0.322 e. The molecule has 0 aliphatic carbocycles. The van der Waals surface area contributed by atoms with Gasteiger partial charge in [-0.2, -0.15) is 5.26 Å². The van der Waals surface area contributed by atoms with Crippen LogP contribution in [0.15, 0.2) is 24.3 Å². The van der Waals surface area contributed by atoms with Crippen molar-refractivity contribution < 1.29 is 14.4 Å². The molecule has 2 aliphatic rings. The molecule has 0 aromatic heterocycles. The van der Waals surface area contributed by atoms with Gasteiger partial charge < -0.3 is 10.2 Å². The molecule has 2 aliphatic heterocycles. The third-order valence-corrected chi connectivity index (χ3v) is 4.45. The molecule has 130 valence electrons. The van der Waals surface area contributed by atoms with E-state index >= 15 is 0 Å². The smallest absolute Gasteiger partial charge is 0.322 e. The number of nitrogens with one attached hydrogen (secondary N) is 2. The van der Waals surface area contributed by atoms with Crippen LogP contribution in [0.2, 0.25) is 0 Å². The summed E-state index contributed by atoms with van der Waals surface area (Å²) in [7, 11) is 0. The van der Waals surface area contributed by atoms with E-state index in [0.29, 0.717) is 18.7 Å². The molecule has 0 unspecified atom stereocenters. The second-order valence-corrected chi connectivity index (χ2v) is 6.19. The van der Waals surface area contributed by atoms with Crippen LogP contribution >= 0.6 is 0 Å². The number of carbonyl (C=O) groups is 3. The van der Waals surface area contributed by atoms with Gasteiger partial charge in [-0.05, 0) is 17.7 Å². The van der Waals surface area contributed by atoms with Gasteiger partial charge in [0.15, 0.2) is 0 Å². The molecule has 1 aromatic carbocycles. The maximum absolute atomic E-state index is 12.3. The third kappa shape index (κ3) is 4.14. The van der Waals surface area contributed by atoms with Crippen LogP contribution < -0.4 is 10.6 Å². The zero-order valence-electron chi connectivity index (χ0n) is 13.7. The van der Waals surface area contributed by atoms with Crippen molar-refractivity contribution in [3.63, 3.8) is 0 Å². The Morgan fingerprint density at radius 2 is 1.84 bits per heavy atom. The normalized spacial score (nSPS) is 20.8. The maximum atomic E-state index is 12.3. The number of piperazine rings is 1. The number of carbonyl (C=O) groups excluding carboxylic acids is 3. The Morgan fingerprint density at radius 1 is 1.16 bits per heavy atom. The highest BCUT2D eigenvalue weighted by molar-refractivity contribution is 6.05. The molecule has 2 saturated heterocycles. The fourth-order valence-electron chi connectivity index (χ4n) is 3.00. The van der Waals surface area contributed by atoms with Crippen LogP contribution in [-0.2, 0) is 16.1 Å². The summed E-state index contributed by atoms with van der Waals surface area (Å²) in [6, 6.07) is 8.27. The number of rotatable bonds is 4. The lowest BCUT2D eigenvalue weighted by Gasteiger charge is -2.35. The highest BCUT2D eigenvalue weighted by Crippen LogP contribution is 2.11. The fourth-order valence-corrected chi connectivity index (χ4v) is 3.00. The Balaban J connectivity index is 1.46. The quantitative estimate of drug-likeness (QED) is 0.738. The topological polar surface area (TPSA) is 106 Å². The van der Waals surface area contributed by atoms with Crippen LogP contribution in [0.1, 0.15) is 17.5 Å². The van der Waals surface area contributed by atoms with Gasteiger partial charge in [-0.1, -0.05) is 12.1 Å². The summed E-state index contributed by atoms with van der Waals surface area (Å²) in [6.45, 7) is 3.45. The van der Waals surface area contributed by atoms with Gasteiger partial charge in [0.05, 0.1) is 18.1 Å². The van der Waals surface area contributed by atoms with Gasteiger partial charge in [0.2, 0.25) is 5.91 Å². The highest BCUT2D eigenvalue weighted by atomic mass is 16.2. The van der Waals surface area contributed by atoms with E-state index in [4.69, 9.17) is 5.26 Å². The number of benzene rings is 1. The lowest BCUT2D eigenvalue weighted by Crippen LogP contribution is -2.49. The molecule has 0 radical (unpaired) electrons. The summed E-state index contributed by atoms with van der Waals surface area (Å²) in [5, 5.41) is 13.4. The zero-order valence-corrected chi connectivity index (χ0v) is 13.7. The number of urea groups is 1. The molecule has 2 heterocycles. The zero-order chi connectivity index (χ0) is 17.8. The molecule has 4 amide bonds. The monoisotopic (exact) mass is 341 g/mol. The lowest BCUT2D eigenvalue weighted by atomic mass is 10.1. The average molecular weight is 341 g/mol. The second-order valence-electron chi connectivity index (χ2n) is 6.19. The molecule has 8 nitrogen and oxygen atoms in total. The summed E-state index contributed by atoms with van der Waals surface area (Å²) in [5.41, 5.74) is 1.77. The van der Waals surface area contributed by atoms with Gasteiger partial charge in [0.1, 0.15) is 6.04 Å². The number of nitrogens with zero attached hydrogens (tertiary/aromatic N) is 3. The molecule has 1 aromatic rings. The van der Waals surface area contributed by atoms with E-state index in [1.807, 2.05) is 12.1 Å². The molecule has 0 bridgehead atoms. The largest absolute Gasteiger partial charge is 0.340 e. The SMILES string of the molecule is N#Cc1ccc(CN2CCN(C(=O)C[C@H]3NC(=O)NC3=O)CC2)cc1. The van der Waals surface area contributed by atoms with Gasteiger partial charge in [0, 0.05) is 32.7 Å². The second kappa shape index (κ2) is 7.32. The van der Waals surface area contributed by atoms with Gasteiger partial charge in [-0.25, -0.2) is 4.79 Å². The van der Waals surface area contributed by atoms with Crippen LogP contribution in [0.5, 0.6) is 0 Å². The molecule has 2 N–H and O–H groups in total. The van der Waals surface area contributed by atoms with E-state index in [1.54, 1.807) is 17.0 Å². The van der Waals surface area contributed by atoms with Crippen LogP contribution in [0.25, 0.3) is 0 Å². The van der Waals surface area contributed by atoms with E-state index < -0.39 is 18.0 Å². The van der Waals surface area contributed by atoms with Gasteiger partial charge >= 0.3 is 6.03 Å². The van der Waals surface area contributed by atoms with E-state index in [0.717, 1.165) is 25.2 Å². The van der Waals surface area contributed by atoms with E-state index in [1.165, 1.54) is 0 Å². The van der Waals surface area contributed by atoms with Gasteiger partial charge in [-0.15, -0.1) is 0 Å². The van der Waals surface area contributed by atoms with Crippen molar-refractivity contribution >= 4 is 17.8 Å². The molecule has 1 atom stereocenters. The molecular formula is C17H19N5O3. The Bertz CT molecular complexity index is 717. The fraction of sp³-hybridized carbons (Fsp3) is 0.412. The first-order valence-electron chi connectivity index (χ1n) is 8.15. The van der Waals surface area contributed by atoms with Crippen molar-refractivity contribution in [3.8, 4) is 6.07 Å². The Morgan fingerprint density at radius 3 is 2.40 bits per heavy atom. The molecule has 25 heavy (non-hydrogen) atoms. The molecular weight excluding hydrogens is 322 g/mol. The summed E-state index contributed by atoms with van der Waals surface area (Å²) in [6.07, 6.45) is -0.00675. The summed E-state index contributed by atoms with van der Waals surface area (Å²) < 4.78 is 0. The Hall–Kier alpha value is -2.92. The Labute approximate surface area is 145 Å². The minimum Gasteiger partial charge on any atom is -0.340 e. The Kier molecular flexibility index (Phi) is 4.95. The molecule has 2 fully saturated rings. The number of imide groups is 1. The van der Waals surface area contributed by atoms with E-state index in [2.05, 4.69) is 21.6 Å². The van der Waals surface area contributed by atoms with Crippen molar-refractivity contribution in [2.75, 3.05) is 26.2 Å². The standard InChI is InChI=1S/C17H19N5O3/c18-10-12-1-3-13(4-2-12)11-21-5-7-22(8-6-21)15(23)9-14-16(24)20-17(25)19-14/h1-4,14H,5-9,11H2,(H2,19,20,24,25)/t14-/m1/s1. The van der Waals surface area contributed by atoms with Gasteiger partial charge in [0.25, 0.3) is 5.91 Å². The van der Waals surface area contributed by atoms with E-state index in [-0.39, 0.29) is 12.3 Å². The first kappa shape index (κ1) is 16.9. The molecule has 3 rings (SSSR count). The summed E-state index contributed by atoms with van der Waals surface area (Å²) in [4.78, 5) is 38.9. The van der Waals surface area contributed by atoms with Crippen LogP contribution in [0.4, 0.5) is 4.79 Å². The molecule has 0 spiro atoms. The number of amides is 4.